The molecule has 0 bridgehead atoms. The Balaban J connectivity index is 0.000000172. The molecule has 0 aromatic carbocycles. The molecule has 0 aliphatic heterocycles. The Morgan fingerprint density at radius 2 is 0.490 bits per heavy atom. The molecule has 0 radical (unpaired) electrons. The SMILES string of the molecule is CN(C)c1nc(N)nc(NCc2ccsc2)n1.CN(C)c1nc(NCc2ccsc2)nc(N(C)C)n1.CN(Cc1ccsc1)c1nc(N)nc(N)n1.CNc1nc(N)nc(N(C)Cc2ccsc2)n1.CNc1nc(N)nc(NCc2ccsc2)n1.CNc1nc(NC)nc(NCc2ccsc2)n1. The van der Waals surface area contributed by atoms with Crippen LogP contribution in [0.4, 0.5) is 107 Å². The molecule has 0 saturated carbocycles. The number of thiophene rings is 6. The normalized spacial score (nSPS) is 10.2. The van der Waals surface area contributed by atoms with E-state index in [1.54, 1.807) is 101 Å². The van der Waals surface area contributed by atoms with Gasteiger partial charge in [-0.3, -0.25) is 0 Å². The number of nitrogens with two attached hydrogens (primary N) is 5. The van der Waals surface area contributed by atoms with Gasteiger partial charge in [-0.25, -0.2) is 0 Å². The lowest BCUT2D eigenvalue weighted by Crippen LogP contribution is -2.20. The van der Waals surface area contributed by atoms with Crippen LogP contribution < -0.4 is 95.7 Å². The molecule has 0 atom stereocenters. The highest BCUT2D eigenvalue weighted by atomic mass is 32.1. The van der Waals surface area contributed by atoms with Gasteiger partial charge < -0.3 is 95.7 Å². The van der Waals surface area contributed by atoms with Crippen molar-refractivity contribution in [2.24, 2.45) is 0 Å². The number of nitrogens with one attached hydrogen (secondary N) is 8. The van der Waals surface area contributed by atoms with E-state index in [1.165, 1.54) is 33.4 Å². The molecule has 0 fully saturated rings. The van der Waals surface area contributed by atoms with E-state index in [1.807, 2.05) is 109 Å². The average molecular weight is 1500 g/mol. The van der Waals surface area contributed by atoms with E-state index in [0.717, 1.165) is 6.54 Å². The lowest BCUT2D eigenvalue weighted by Gasteiger charge is -2.16. The Hall–Kier alpha value is -11.3. The third-order valence-corrected chi connectivity index (χ3v) is 17.1. The molecule has 0 aliphatic carbocycles. The molecule has 102 heavy (non-hydrogen) atoms. The highest BCUT2D eigenvalue weighted by Crippen LogP contribution is 2.20. The number of aromatic nitrogens is 18. The van der Waals surface area contributed by atoms with Crippen molar-refractivity contribution in [2.75, 3.05) is 180 Å². The average Bonchev–Trinajstić information content (AvgIpc) is 1.11. The standard InChI is InChI=1S/C12H18N6S.3C10H14N6S.2C9H12N6S/c1-17(2)11-14-10(15-12(16-11)18(3)4)13-7-9-5-6-19-8-9;1-16(2)10-14-8(11)13-9(15-10)12-5-7-3-4-17-6-7;1-12-9-13-8(11)14-10(15-9)16(2)5-7-3-4-17-6-7;1-11-8-14-9(12-2)16-10(15-8)13-5-7-3-4-17-6-7;1-15(4-6-2-3-16-5-6)9-13-7(10)12-8(11)14-9;1-11-8-13-7(10)14-9(15-8)12-4-6-2-3-16-5-6/h5-6,8H,7H2,1-4H3,(H,13,14,15,16);2*3-4,6H,5H2,1-2H3,(H3,11,12,13,14,15);3-4,6H,5H2,1-2H3,(H3,11,12,13,14,15,16);2-3,5H,4H2,1H3,(H4,10,11,12,13,14);2-3,5H,4H2,1H3,(H4,10,11,12,13,14,15). The maximum atomic E-state index is 5.62. The summed E-state index contributed by atoms with van der Waals surface area (Å²) in [5.74, 6) is 7.93. The Morgan fingerprint density at radius 3 is 0.814 bits per heavy atom. The molecule has 0 amide bonds. The molecule has 0 aliphatic rings. The quantitative estimate of drug-likeness (QED) is 0.0262. The summed E-state index contributed by atoms with van der Waals surface area (Å²) >= 11 is 9.99. The zero-order valence-electron chi connectivity index (χ0n) is 58.3. The van der Waals surface area contributed by atoms with Gasteiger partial charge in [0.25, 0.3) is 0 Å². The van der Waals surface area contributed by atoms with E-state index in [2.05, 4.69) is 200 Å². The van der Waals surface area contributed by atoms with Gasteiger partial charge in [0, 0.05) is 124 Å². The molecule has 36 nitrogen and oxygen atoms in total. The molecule has 12 aromatic heterocycles. The minimum absolute atomic E-state index is 0.139. The van der Waals surface area contributed by atoms with E-state index < -0.39 is 0 Å². The van der Waals surface area contributed by atoms with Gasteiger partial charge in [-0.15, -0.1) is 0 Å². The first-order valence-electron chi connectivity index (χ1n) is 30.6. The number of hydrogen-bond acceptors (Lipinski definition) is 42. The van der Waals surface area contributed by atoms with Crippen LogP contribution in [-0.2, 0) is 39.3 Å². The number of nitrogen functional groups attached to an aromatic ring is 5. The van der Waals surface area contributed by atoms with Gasteiger partial charge in [0.05, 0.1) is 0 Å². The summed E-state index contributed by atoms with van der Waals surface area (Å²) in [6.45, 7) is 4.24. The first-order chi connectivity index (χ1) is 49.1. The van der Waals surface area contributed by atoms with E-state index in [-0.39, 0.29) is 29.7 Å². The summed E-state index contributed by atoms with van der Waals surface area (Å²) in [6.07, 6.45) is 0. The second-order valence-electron chi connectivity index (χ2n) is 21.5. The maximum absolute atomic E-state index is 5.62. The zero-order chi connectivity index (χ0) is 73.3. The Bertz CT molecular complexity index is 4190. The molecule has 42 heteroatoms. The lowest BCUT2D eigenvalue weighted by atomic mass is 10.3. The van der Waals surface area contributed by atoms with E-state index in [9.17, 15) is 0 Å². The van der Waals surface area contributed by atoms with Crippen molar-refractivity contribution in [3.63, 3.8) is 0 Å². The van der Waals surface area contributed by atoms with Gasteiger partial charge in [0.2, 0.25) is 107 Å². The number of rotatable bonds is 25. The fourth-order valence-electron chi connectivity index (χ4n) is 7.74. The monoisotopic (exact) mass is 1500 g/mol. The van der Waals surface area contributed by atoms with E-state index in [4.69, 9.17) is 28.7 Å². The van der Waals surface area contributed by atoms with Gasteiger partial charge in [-0.2, -0.15) is 158 Å². The van der Waals surface area contributed by atoms with Gasteiger partial charge in [-0.05, 0) is 134 Å². The summed E-state index contributed by atoms with van der Waals surface area (Å²) in [4.78, 5) is 83.4. The molecule has 12 heterocycles. The number of hydrogen-bond donors (Lipinski definition) is 13. The summed E-state index contributed by atoms with van der Waals surface area (Å²) in [5.41, 5.74) is 35.0. The minimum atomic E-state index is 0.139. The highest BCUT2D eigenvalue weighted by Gasteiger charge is 2.14. The van der Waals surface area contributed by atoms with E-state index in [0.29, 0.717) is 110 Å². The zero-order valence-corrected chi connectivity index (χ0v) is 63.2. The Morgan fingerprint density at radius 1 is 0.265 bits per heavy atom. The Kier molecular flexibility index (Phi) is 31.1. The maximum Gasteiger partial charge on any atom is 0.231 e. The van der Waals surface area contributed by atoms with Crippen LogP contribution in [0.25, 0.3) is 0 Å². The van der Waals surface area contributed by atoms with Crippen LogP contribution in [0, 0.1) is 0 Å². The minimum Gasteiger partial charge on any atom is -0.368 e. The van der Waals surface area contributed by atoms with Crippen molar-refractivity contribution in [1.29, 1.82) is 0 Å². The molecule has 12 aromatic rings. The Labute approximate surface area is 614 Å². The summed E-state index contributed by atoms with van der Waals surface area (Å²) < 4.78 is 0. The van der Waals surface area contributed by atoms with Crippen molar-refractivity contribution in [3.8, 4) is 0 Å². The third kappa shape index (κ3) is 27.1. The molecular weight excluding hydrogens is 1420 g/mol. The molecule has 0 unspecified atom stereocenters. The van der Waals surface area contributed by atoms with Gasteiger partial charge in [0.1, 0.15) is 0 Å². The lowest BCUT2D eigenvalue weighted by molar-refractivity contribution is 0.860. The number of nitrogens with zero attached hydrogens (tertiary/aromatic N) is 23. The molecule has 0 spiro atoms. The highest BCUT2D eigenvalue weighted by molar-refractivity contribution is 7.09. The second kappa shape index (κ2) is 40.7. The van der Waals surface area contributed by atoms with E-state index >= 15 is 0 Å². The van der Waals surface area contributed by atoms with Crippen LogP contribution in [0.1, 0.15) is 33.4 Å². The van der Waals surface area contributed by atoms with Crippen molar-refractivity contribution in [3.05, 3.63) is 134 Å². The molecule has 12 rings (SSSR count). The van der Waals surface area contributed by atoms with Crippen molar-refractivity contribution in [2.45, 2.75) is 39.3 Å². The fraction of sp³-hybridized carbons (Fsp3) is 0.300. The predicted molar refractivity (Wildman–Crippen MR) is 422 cm³/mol. The second-order valence-corrected chi connectivity index (χ2v) is 26.2. The molecule has 540 valence electrons. The first-order valence-corrected chi connectivity index (χ1v) is 36.3. The van der Waals surface area contributed by atoms with Crippen LogP contribution in [0.2, 0.25) is 0 Å². The predicted octanol–water partition coefficient (Wildman–Crippen LogP) is 7.60. The smallest absolute Gasteiger partial charge is 0.231 e. The van der Waals surface area contributed by atoms with Gasteiger partial charge in [0.15, 0.2) is 0 Å². The first kappa shape index (κ1) is 78.0. The van der Waals surface area contributed by atoms with Gasteiger partial charge >= 0.3 is 0 Å². The van der Waals surface area contributed by atoms with Gasteiger partial charge in [-0.1, -0.05) is 0 Å². The largest absolute Gasteiger partial charge is 0.368 e. The fourth-order valence-corrected chi connectivity index (χ4v) is 11.7. The number of anilines is 18. The van der Waals surface area contributed by atoms with Crippen molar-refractivity contribution in [1.82, 2.24) is 89.7 Å². The topological polar surface area (TPSA) is 475 Å². The van der Waals surface area contributed by atoms with Crippen LogP contribution in [-0.4, -0.2) is 174 Å². The van der Waals surface area contributed by atoms with Crippen LogP contribution in [0.5, 0.6) is 0 Å². The summed E-state index contributed by atoms with van der Waals surface area (Å²) in [5, 5.41) is 48.8. The molecular formula is C60H84N36S6. The van der Waals surface area contributed by atoms with Crippen LogP contribution in [0.15, 0.2) is 101 Å². The summed E-state index contributed by atoms with van der Waals surface area (Å²) in [7, 11) is 22.2. The summed E-state index contributed by atoms with van der Waals surface area (Å²) in [6, 6.07) is 12.4. The van der Waals surface area contributed by atoms with Crippen LogP contribution >= 0.6 is 68.0 Å². The molecule has 0 saturated heterocycles. The van der Waals surface area contributed by atoms with Crippen LogP contribution in [0.3, 0.4) is 0 Å². The van der Waals surface area contributed by atoms with Crippen molar-refractivity contribution < 1.29 is 0 Å². The molecule has 18 N–H and O–H groups in total. The third-order valence-electron chi connectivity index (χ3n) is 12.7. The van der Waals surface area contributed by atoms with Crippen molar-refractivity contribution >= 4 is 175 Å².